The average molecular weight is 264 g/mol. The van der Waals surface area contributed by atoms with Crippen molar-refractivity contribution in [3.63, 3.8) is 0 Å². The van der Waals surface area contributed by atoms with E-state index < -0.39 is 0 Å². The lowest BCUT2D eigenvalue weighted by Gasteiger charge is -2.36. The lowest BCUT2D eigenvalue weighted by molar-refractivity contribution is -0.0449. The number of aromatic nitrogens is 3. The van der Waals surface area contributed by atoms with Gasteiger partial charge in [0.25, 0.3) is 5.91 Å². The Labute approximate surface area is 112 Å². The zero-order chi connectivity index (χ0) is 13.2. The molecule has 0 spiro atoms. The van der Waals surface area contributed by atoms with Gasteiger partial charge in [-0.1, -0.05) is 6.92 Å². The molecule has 6 heteroatoms. The van der Waals surface area contributed by atoms with E-state index in [4.69, 9.17) is 4.74 Å². The monoisotopic (exact) mass is 264 g/mol. The Morgan fingerprint density at radius 2 is 2.42 bits per heavy atom. The third-order valence-electron chi connectivity index (χ3n) is 3.95. The summed E-state index contributed by atoms with van der Waals surface area (Å²) >= 11 is 0. The first-order valence-corrected chi connectivity index (χ1v) is 7.13. The van der Waals surface area contributed by atoms with Gasteiger partial charge in [0.15, 0.2) is 0 Å². The van der Waals surface area contributed by atoms with E-state index >= 15 is 0 Å². The normalized spacial score (nSPS) is 26.5. The van der Waals surface area contributed by atoms with Gasteiger partial charge in [-0.2, -0.15) is 0 Å². The summed E-state index contributed by atoms with van der Waals surface area (Å²) in [5.74, 6) is 1.04. The second kappa shape index (κ2) is 5.28. The number of nitrogens with zero attached hydrogens (tertiary/aromatic N) is 3. The third kappa shape index (κ3) is 2.36. The summed E-state index contributed by atoms with van der Waals surface area (Å²) in [7, 11) is 0. The molecule has 2 aliphatic rings. The van der Waals surface area contributed by atoms with E-state index in [-0.39, 0.29) is 18.1 Å². The predicted octanol–water partition coefficient (Wildman–Crippen LogP) is 1.15. The molecule has 1 amide bonds. The van der Waals surface area contributed by atoms with Crippen LogP contribution in [0.1, 0.15) is 49.1 Å². The summed E-state index contributed by atoms with van der Waals surface area (Å²) in [5, 5.41) is 6.90. The van der Waals surface area contributed by atoms with Crippen LogP contribution >= 0.6 is 0 Å². The van der Waals surface area contributed by atoms with Gasteiger partial charge >= 0.3 is 0 Å². The SMILES string of the molecule is CCCc1nc(C(=O)N2CCOC3CCCC32)n[nH]1. The molecule has 104 valence electrons. The zero-order valence-corrected chi connectivity index (χ0v) is 11.3. The Bertz CT molecular complexity index is 459. The number of carbonyl (C=O) groups is 1. The molecule has 0 radical (unpaired) electrons. The number of rotatable bonds is 3. The number of hydrogen-bond acceptors (Lipinski definition) is 4. The molecule has 2 atom stereocenters. The van der Waals surface area contributed by atoms with Crippen LogP contribution in [-0.4, -0.2) is 51.3 Å². The first-order valence-electron chi connectivity index (χ1n) is 7.13. The number of morpholine rings is 1. The minimum atomic E-state index is -0.0567. The molecule has 0 bridgehead atoms. The number of nitrogens with one attached hydrogen (secondary N) is 1. The molecule has 1 aliphatic carbocycles. The van der Waals surface area contributed by atoms with Crippen molar-refractivity contribution in [2.24, 2.45) is 0 Å². The van der Waals surface area contributed by atoms with Crippen LogP contribution in [-0.2, 0) is 11.2 Å². The number of fused-ring (bicyclic) bond motifs is 1. The van der Waals surface area contributed by atoms with E-state index in [2.05, 4.69) is 22.1 Å². The fourth-order valence-corrected chi connectivity index (χ4v) is 3.05. The van der Waals surface area contributed by atoms with Crippen LogP contribution in [0.4, 0.5) is 0 Å². The van der Waals surface area contributed by atoms with Crippen molar-refractivity contribution in [2.45, 2.75) is 51.2 Å². The molecule has 3 rings (SSSR count). The standard InChI is InChI=1S/C13H20N4O2/c1-2-4-11-14-12(16-15-11)13(18)17-7-8-19-10-6-3-5-9(10)17/h9-10H,2-8H2,1H3,(H,14,15,16). The Hall–Kier alpha value is -1.43. The quantitative estimate of drug-likeness (QED) is 0.889. The van der Waals surface area contributed by atoms with Crippen LogP contribution in [0.15, 0.2) is 0 Å². The summed E-state index contributed by atoms with van der Waals surface area (Å²) in [5.41, 5.74) is 0. The number of hydrogen-bond donors (Lipinski definition) is 1. The lowest BCUT2D eigenvalue weighted by Crippen LogP contribution is -2.51. The Morgan fingerprint density at radius 1 is 1.53 bits per heavy atom. The first-order chi connectivity index (χ1) is 9.29. The molecular weight excluding hydrogens is 244 g/mol. The second-order valence-electron chi connectivity index (χ2n) is 5.26. The number of H-pyrrole nitrogens is 1. The predicted molar refractivity (Wildman–Crippen MR) is 68.8 cm³/mol. The second-order valence-corrected chi connectivity index (χ2v) is 5.26. The highest BCUT2D eigenvalue weighted by molar-refractivity contribution is 5.90. The third-order valence-corrected chi connectivity index (χ3v) is 3.95. The van der Waals surface area contributed by atoms with Crippen LogP contribution in [0.2, 0.25) is 0 Å². The zero-order valence-electron chi connectivity index (χ0n) is 11.3. The van der Waals surface area contributed by atoms with Crippen molar-refractivity contribution < 1.29 is 9.53 Å². The van der Waals surface area contributed by atoms with Gasteiger partial charge in [-0.15, -0.1) is 5.10 Å². The fourth-order valence-electron chi connectivity index (χ4n) is 3.05. The van der Waals surface area contributed by atoms with E-state index in [1.165, 1.54) is 0 Å². The minimum Gasteiger partial charge on any atom is -0.374 e. The van der Waals surface area contributed by atoms with Crippen molar-refractivity contribution in [1.29, 1.82) is 0 Å². The number of carbonyl (C=O) groups excluding carboxylic acids is 1. The maximum Gasteiger partial charge on any atom is 0.293 e. The van der Waals surface area contributed by atoms with E-state index in [9.17, 15) is 4.79 Å². The van der Waals surface area contributed by atoms with Crippen molar-refractivity contribution in [1.82, 2.24) is 20.1 Å². The largest absolute Gasteiger partial charge is 0.374 e. The van der Waals surface area contributed by atoms with Crippen molar-refractivity contribution >= 4 is 5.91 Å². The van der Waals surface area contributed by atoms with Gasteiger partial charge in [0.05, 0.1) is 18.8 Å². The molecule has 2 fully saturated rings. The molecule has 1 aromatic heterocycles. The van der Waals surface area contributed by atoms with E-state index in [0.29, 0.717) is 19.0 Å². The number of ether oxygens (including phenoxy) is 1. The molecule has 1 saturated carbocycles. The van der Waals surface area contributed by atoms with Crippen molar-refractivity contribution in [3.8, 4) is 0 Å². The topological polar surface area (TPSA) is 71.1 Å². The lowest BCUT2D eigenvalue weighted by atomic mass is 10.1. The van der Waals surface area contributed by atoms with Crippen molar-refractivity contribution in [3.05, 3.63) is 11.6 Å². The van der Waals surface area contributed by atoms with Crippen LogP contribution in [0.3, 0.4) is 0 Å². The van der Waals surface area contributed by atoms with Gasteiger partial charge < -0.3 is 9.64 Å². The number of aryl methyl sites for hydroxylation is 1. The fraction of sp³-hybridized carbons (Fsp3) is 0.769. The van der Waals surface area contributed by atoms with E-state index in [0.717, 1.165) is 37.9 Å². The molecule has 2 unspecified atom stereocenters. The highest BCUT2D eigenvalue weighted by Gasteiger charge is 2.39. The molecule has 1 aromatic rings. The highest BCUT2D eigenvalue weighted by atomic mass is 16.5. The van der Waals surface area contributed by atoms with Gasteiger partial charge in [-0.25, -0.2) is 4.98 Å². The summed E-state index contributed by atoms with van der Waals surface area (Å²) in [6.45, 7) is 3.35. The van der Waals surface area contributed by atoms with Crippen LogP contribution in [0, 0.1) is 0 Å². The highest BCUT2D eigenvalue weighted by Crippen LogP contribution is 2.30. The van der Waals surface area contributed by atoms with Crippen molar-refractivity contribution in [2.75, 3.05) is 13.2 Å². The van der Waals surface area contributed by atoms with Gasteiger partial charge in [-0.3, -0.25) is 9.89 Å². The Morgan fingerprint density at radius 3 is 3.26 bits per heavy atom. The minimum absolute atomic E-state index is 0.0567. The summed E-state index contributed by atoms with van der Waals surface area (Å²) < 4.78 is 5.72. The summed E-state index contributed by atoms with van der Waals surface area (Å²) in [4.78, 5) is 18.7. The smallest absolute Gasteiger partial charge is 0.293 e. The number of amides is 1. The Balaban J connectivity index is 1.74. The van der Waals surface area contributed by atoms with Gasteiger partial charge in [-0.05, 0) is 25.7 Å². The molecule has 6 nitrogen and oxygen atoms in total. The van der Waals surface area contributed by atoms with Gasteiger partial charge in [0.2, 0.25) is 5.82 Å². The molecule has 1 aliphatic heterocycles. The molecule has 19 heavy (non-hydrogen) atoms. The summed E-state index contributed by atoms with van der Waals surface area (Å²) in [6, 6.07) is 0.217. The van der Waals surface area contributed by atoms with E-state index in [1.807, 2.05) is 4.90 Å². The molecule has 1 saturated heterocycles. The molecule has 0 aromatic carbocycles. The summed E-state index contributed by atoms with van der Waals surface area (Å²) in [6.07, 6.45) is 5.26. The van der Waals surface area contributed by atoms with Gasteiger partial charge in [0, 0.05) is 13.0 Å². The maximum absolute atomic E-state index is 12.5. The van der Waals surface area contributed by atoms with Crippen LogP contribution < -0.4 is 0 Å². The number of aromatic amines is 1. The maximum atomic E-state index is 12.5. The molecule has 2 heterocycles. The molecular formula is C13H20N4O2. The Kier molecular flexibility index (Phi) is 3.50. The van der Waals surface area contributed by atoms with E-state index in [1.54, 1.807) is 0 Å². The first kappa shape index (κ1) is 12.6. The van der Waals surface area contributed by atoms with Gasteiger partial charge in [0.1, 0.15) is 5.82 Å². The average Bonchev–Trinajstić information content (AvgIpc) is 3.06. The molecule has 1 N–H and O–H groups in total. The van der Waals surface area contributed by atoms with Crippen LogP contribution in [0.25, 0.3) is 0 Å². The van der Waals surface area contributed by atoms with Crippen LogP contribution in [0.5, 0.6) is 0 Å².